The van der Waals surface area contributed by atoms with Crippen molar-refractivity contribution in [2.24, 2.45) is 0 Å². The summed E-state index contributed by atoms with van der Waals surface area (Å²) in [6, 6.07) is 16.5. The number of hydrogen-bond donors (Lipinski definition) is 1. The number of benzene rings is 2. The number of pyridine rings is 1. The molecule has 3 aromatic heterocycles. The molecule has 0 fully saturated rings. The minimum Gasteiger partial charge on any atom is -0.323 e. The Labute approximate surface area is 176 Å². The molecule has 1 N–H and O–H groups in total. The lowest BCUT2D eigenvalue weighted by molar-refractivity contribution is 0.575. The molecule has 150 valence electrons. The Morgan fingerprint density at radius 1 is 0.933 bits per heavy atom. The number of imidazole rings is 1. The summed E-state index contributed by atoms with van der Waals surface area (Å²) in [5.41, 5.74) is 3.67. The highest BCUT2D eigenvalue weighted by atomic mass is 32.2. The maximum absolute atomic E-state index is 12.9. The third-order valence-electron chi connectivity index (χ3n) is 4.76. The van der Waals surface area contributed by atoms with Gasteiger partial charge in [-0.1, -0.05) is 18.2 Å². The van der Waals surface area contributed by atoms with Gasteiger partial charge in [-0.2, -0.15) is 8.75 Å². The van der Waals surface area contributed by atoms with Crippen LogP contribution in [0.1, 0.15) is 0 Å². The average molecular weight is 437 g/mol. The number of rotatable bonds is 6. The topological polar surface area (TPSA) is 103 Å². The van der Waals surface area contributed by atoms with E-state index in [1.165, 1.54) is 0 Å². The zero-order valence-electron chi connectivity index (χ0n) is 15.6. The molecule has 0 amide bonds. The van der Waals surface area contributed by atoms with Gasteiger partial charge in [0.15, 0.2) is 0 Å². The molecule has 0 aliphatic rings. The monoisotopic (exact) mass is 436 g/mol. The van der Waals surface area contributed by atoms with Crippen molar-refractivity contribution in [2.75, 3.05) is 6.54 Å². The summed E-state index contributed by atoms with van der Waals surface area (Å²) in [6.07, 6.45) is 3.43. The average Bonchev–Trinajstić information content (AvgIpc) is 3.39. The van der Waals surface area contributed by atoms with Gasteiger partial charge in [-0.3, -0.25) is 4.98 Å². The van der Waals surface area contributed by atoms with Crippen molar-refractivity contribution >= 4 is 43.8 Å². The van der Waals surface area contributed by atoms with Crippen LogP contribution in [0.5, 0.6) is 0 Å². The molecular weight excluding hydrogens is 420 g/mol. The highest BCUT2D eigenvalue weighted by Gasteiger charge is 2.20. The predicted octanol–water partition coefficient (Wildman–Crippen LogP) is 3.08. The Balaban J connectivity index is 1.45. The first kappa shape index (κ1) is 18.8. The van der Waals surface area contributed by atoms with Gasteiger partial charge in [0.2, 0.25) is 10.0 Å². The molecule has 0 aliphatic carbocycles. The second kappa shape index (κ2) is 7.56. The number of sulfonamides is 1. The maximum Gasteiger partial charge on any atom is 0.242 e. The summed E-state index contributed by atoms with van der Waals surface area (Å²) < 4.78 is 38.7. The molecule has 0 spiro atoms. The standard InChI is InChI=1S/C20H16N6O2S2/c27-30(28,18-7-3-5-16-19(18)25-29-24-16)22-12-13-26-17-6-2-1-4-15(17)23-20(26)14-8-10-21-11-9-14/h1-11,22H,12-13H2. The van der Waals surface area contributed by atoms with Crippen LogP contribution in [0.4, 0.5) is 0 Å². The third-order valence-corrected chi connectivity index (χ3v) is 6.79. The van der Waals surface area contributed by atoms with Crippen LogP contribution in [0.3, 0.4) is 0 Å². The van der Waals surface area contributed by atoms with Gasteiger partial charge in [-0.25, -0.2) is 18.1 Å². The van der Waals surface area contributed by atoms with Gasteiger partial charge in [-0.05, 0) is 36.4 Å². The quantitative estimate of drug-likeness (QED) is 0.439. The van der Waals surface area contributed by atoms with E-state index < -0.39 is 10.0 Å². The van der Waals surface area contributed by atoms with Crippen molar-refractivity contribution in [2.45, 2.75) is 11.4 Å². The summed E-state index contributed by atoms with van der Waals surface area (Å²) in [5, 5.41) is 0. The van der Waals surface area contributed by atoms with E-state index in [1.807, 2.05) is 41.0 Å². The zero-order valence-corrected chi connectivity index (χ0v) is 17.3. The number of aromatic nitrogens is 5. The first-order chi connectivity index (χ1) is 14.6. The van der Waals surface area contributed by atoms with E-state index in [9.17, 15) is 8.42 Å². The molecule has 8 nitrogen and oxygen atoms in total. The smallest absolute Gasteiger partial charge is 0.242 e. The number of fused-ring (bicyclic) bond motifs is 2. The van der Waals surface area contributed by atoms with Crippen molar-refractivity contribution in [3.63, 3.8) is 0 Å². The molecule has 10 heteroatoms. The molecule has 2 aromatic carbocycles. The molecule has 0 aliphatic heterocycles. The Morgan fingerprint density at radius 3 is 2.60 bits per heavy atom. The van der Waals surface area contributed by atoms with E-state index in [-0.39, 0.29) is 11.4 Å². The molecular formula is C20H16N6O2S2. The lowest BCUT2D eigenvalue weighted by Gasteiger charge is -2.11. The zero-order chi connectivity index (χ0) is 20.6. The van der Waals surface area contributed by atoms with Crippen molar-refractivity contribution < 1.29 is 8.42 Å². The predicted molar refractivity (Wildman–Crippen MR) is 116 cm³/mol. The van der Waals surface area contributed by atoms with E-state index in [4.69, 9.17) is 4.98 Å². The summed E-state index contributed by atoms with van der Waals surface area (Å²) in [7, 11) is -3.73. The molecule has 30 heavy (non-hydrogen) atoms. The Hall–Kier alpha value is -3.21. The van der Waals surface area contributed by atoms with Crippen LogP contribution in [0.25, 0.3) is 33.5 Å². The first-order valence-electron chi connectivity index (χ1n) is 9.20. The largest absolute Gasteiger partial charge is 0.323 e. The van der Waals surface area contributed by atoms with Crippen molar-refractivity contribution in [1.29, 1.82) is 0 Å². The second-order valence-electron chi connectivity index (χ2n) is 6.60. The van der Waals surface area contributed by atoms with Crippen LogP contribution in [0.15, 0.2) is 71.9 Å². The Bertz CT molecular complexity index is 1440. The van der Waals surface area contributed by atoms with Crippen LogP contribution >= 0.6 is 11.7 Å². The van der Waals surface area contributed by atoms with Crippen LogP contribution in [-0.4, -0.2) is 38.2 Å². The summed E-state index contributed by atoms with van der Waals surface area (Å²) >= 11 is 0.996. The highest BCUT2D eigenvalue weighted by molar-refractivity contribution is 7.89. The van der Waals surface area contributed by atoms with Crippen molar-refractivity contribution in [3.05, 3.63) is 67.0 Å². The van der Waals surface area contributed by atoms with Gasteiger partial charge in [0.25, 0.3) is 0 Å². The van der Waals surface area contributed by atoms with E-state index in [0.717, 1.165) is 34.1 Å². The van der Waals surface area contributed by atoms with E-state index >= 15 is 0 Å². The summed E-state index contributed by atoms with van der Waals surface area (Å²) in [5.74, 6) is 0.767. The molecule has 5 rings (SSSR count). The van der Waals surface area contributed by atoms with Gasteiger partial charge in [0, 0.05) is 31.0 Å². The molecule has 0 saturated carbocycles. The van der Waals surface area contributed by atoms with Crippen LogP contribution in [0.2, 0.25) is 0 Å². The van der Waals surface area contributed by atoms with Crippen molar-refractivity contribution in [3.8, 4) is 11.4 Å². The molecule has 0 bridgehead atoms. The minimum atomic E-state index is -3.73. The SMILES string of the molecule is O=S(=O)(NCCn1c(-c2ccncc2)nc2ccccc21)c1cccc2nsnc12. The molecule has 0 atom stereocenters. The third kappa shape index (κ3) is 3.34. The summed E-state index contributed by atoms with van der Waals surface area (Å²) in [6.45, 7) is 0.622. The Morgan fingerprint density at radius 2 is 1.73 bits per heavy atom. The van der Waals surface area contributed by atoms with Gasteiger partial charge in [0.05, 0.1) is 22.8 Å². The summed E-state index contributed by atoms with van der Waals surface area (Å²) in [4.78, 5) is 8.93. The maximum atomic E-state index is 12.9. The van der Waals surface area contributed by atoms with Crippen LogP contribution in [0, 0.1) is 0 Å². The van der Waals surface area contributed by atoms with Crippen LogP contribution < -0.4 is 4.72 Å². The van der Waals surface area contributed by atoms with E-state index in [0.29, 0.717) is 17.6 Å². The van der Waals surface area contributed by atoms with E-state index in [1.54, 1.807) is 30.6 Å². The van der Waals surface area contributed by atoms with Gasteiger partial charge in [0.1, 0.15) is 21.8 Å². The fraction of sp³-hybridized carbons (Fsp3) is 0.100. The van der Waals surface area contributed by atoms with Gasteiger partial charge < -0.3 is 4.57 Å². The molecule has 5 aromatic rings. The van der Waals surface area contributed by atoms with E-state index in [2.05, 4.69) is 18.5 Å². The fourth-order valence-corrected chi connectivity index (χ4v) is 5.18. The second-order valence-corrected chi connectivity index (χ2v) is 8.86. The van der Waals surface area contributed by atoms with Gasteiger partial charge in [-0.15, -0.1) is 0 Å². The van der Waals surface area contributed by atoms with Crippen LogP contribution in [-0.2, 0) is 16.6 Å². The van der Waals surface area contributed by atoms with Gasteiger partial charge >= 0.3 is 0 Å². The molecule has 0 saturated heterocycles. The first-order valence-corrected chi connectivity index (χ1v) is 11.4. The normalized spacial score (nSPS) is 12.0. The lowest BCUT2D eigenvalue weighted by atomic mass is 10.2. The number of nitrogens with zero attached hydrogens (tertiary/aromatic N) is 5. The highest BCUT2D eigenvalue weighted by Crippen LogP contribution is 2.24. The van der Waals surface area contributed by atoms with Crippen molar-refractivity contribution in [1.82, 2.24) is 28.0 Å². The lowest BCUT2D eigenvalue weighted by Crippen LogP contribution is -2.27. The molecule has 0 radical (unpaired) electrons. The number of para-hydroxylation sites is 2. The Kier molecular flexibility index (Phi) is 4.74. The minimum absolute atomic E-state index is 0.138. The molecule has 3 heterocycles. The number of hydrogen-bond acceptors (Lipinski definition) is 7. The fourth-order valence-electron chi connectivity index (χ4n) is 3.39. The molecule has 0 unspecified atom stereocenters. The number of nitrogens with one attached hydrogen (secondary N) is 1.